The lowest BCUT2D eigenvalue weighted by molar-refractivity contribution is -0.119. The summed E-state index contributed by atoms with van der Waals surface area (Å²) in [7, 11) is 0. The van der Waals surface area contributed by atoms with E-state index in [9.17, 15) is 4.79 Å². The van der Waals surface area contributed by atoms with Crippen LogP contribution in [0.25, 0.3) is 10.9 Å². The fourth-order valence-corrected chi connectivity index (χ4v) is 5.17. The Hall–Kier alpha value is -1.42. The zero-order chi connectivity index (χ0) is 23.8. The molecule has 3 rings (SSSR count). The average Bonchev–Trinajstić information content (AvgIpc) is 2.94. The summed E-state index contributed by atoms with van der Waals surface area (Å²) in [4.78, 5) is 13.5. The Morgan fingerprint density at radius 2 is 1.66 bits per heavy atom. The third-order valence-corrected chi connectivity index (χ3v) is 7.65. The number of fused-ring (bicyclic) bond motifs is 1. The molecule has 0 spiro atoms. The molecule has 0 fully saturated rings. The second-order valence-electron chi connectivity index (χ2n) is 10.5. The van der Waals surface area contributed by atoms with Crippen molar-refractivity contribution in [1.29, 1.82) is 0 Å². The molecule has 2 nitrogen and oxygen atoms in total. The number of carbonyl (C=O) groups excluding carboxylic acids is 1. The smallest absolute Gasteiger partial charge is 0.227 e. The van der Waals surface area contributed by atoms with Gasteiger partial charge in [-0.05, 0) is 52.9 Å². The van der Waals surface area contributed by atoms with E-state index in [-0.39, 0.29) is 9.99 Å². The molecule has 2 aromatic carbocycles. The van der Waals surface area contributed by atoms with E-state index in [0.717, 1.165) is 10.7 Å². The van der Waals surface area contributed by atoms with Crippen LogP contribution >= 0.6 is 35.0 Å². The molecule has 1 aromatic heterocycles. The molecule has 0 atom stereocenters. The lowest BCUT2D eigenvalue weighted by Gasteiger charge is -2.24. The summed E-state index contributed by atoms with van der Waals surface area (Å²) in [6.45, 7) is 15.7. The Balaban J connectivity index is 2.30. The third kappa shape index (κ3) is 5.73. The number of hydrogen-bond acceptors (Lipinski definition) is 2. The number of hydrogen-bond donors (Lipinski definition) is 0. The van der Waals surface area contributed by atoms with Gasteiger partial charge < -0.3 is 4.57 Å². The van der Waals surface area contributed by atoms with Gasteiger partial charge in [-0.3, -0.25) is 4.79 Å². The van der Waals surface area contributed by atoms with Gasteiger partial charge in [-0.15, -0.1) is 11.8 Å². The third-order valence-electron chi connectivity index (χ3n) is 5.61. The maximum atomic E-state index is 12.3. The van der Waals surface area contributed by atoms with Crippen molar-refractivity contribution in [3.8, 4) is 0 Å². The highest BCUT2D eigenvalue weighted by atomic mass is 35.5. The van der Waals surface area contributed by atoms with Crippen molar-refractivity contribution in [3.63, 3.8) is 0 Å². The van der Waals surface area contributed by atoms with Crippen molar-refractivity contribution in [2.24, 2.45) is 5.41 Å². The minimum absolute atomic E-state index is 0.0249. The number of nitrogens with zero attached hydrogens (tertiary/aromatic N) is 1. The zero-order valence-corrected chi connectivity index (χ0v) is 22.4. The van der Waals surface area contributed by atoms with Crippen molar-refractivity contribution in [2.75, 3.05) is 0 Å². The summed E-state index contributed by atoms with van der Waals surface area (Å²) in [5, 5.41) is 1.67. The first-order valence-electron chi connectivity index (χ1n) is 11.1. The van der Waals surface area contributed by atoms with Crippen LogP contribution in [0.1, 0.15) is 71.2 Å². The molecular weight excluding hydrogens is 457 g/mol. The van der Waals surface area contributed by atoms with Crippen LogP contribution in [0.15, 0.2) is 47.4 Å². The topological polar surface area (TPSA) is 22.0 Å². The van der Waals surface area contributed by atoms with Gasteiger partial charge in [0.2, 0.25) is 5.24 Å². The second-order valence-corrected chi connectivity index (χ2v) is 13.1. The van der Waals surface area contributed by atoms with E-state index in [0.29, 0.717) is 18.9 Å². The maximum Gasteiger partial charge on any atom is 0.227 e. The standard InChI is InChI=1S/C27H33Cl2NOS/c1-17(2)19-10-13-22-21(14-19)24(32-26(3,4)5)23(15-27(6,7)25(29)31)30(22)16-18-8-11-20(28)12-9-18/h8-14,17H,15-16H2,1-7H3. The predicted molar refractivity (Wildman–Crippen MR) is 141 cm³/mol. The van der Waals surface area contributed by atoms with Gasteiger partial charge in [0.05, 0.1) is 0 Å². The molecule has 0 aliphatic heterocycles. The number of thioether (sulfide) groups is 1. The molecule has 1 heterocycles. The summed E-state index contributed by atoms with van der Waals surface area (Å²) in [6.07, 6.45) is 0.576. The number of halogens is 2. The van der Waals surface area contributed by atoms with Crippen LogP contribution in [0.2, 0.25) is 5.02 Å². The quantitative estimate of drug-likeness (QED) is 0.244. The first-order chi connectivity index (χ1) is 14.8. The van der Waals surface area contributed by atoms with E-state index in [1.54, 1.807) is 0 Å². The molecule has 32 heavy (non-hydrogen) atoms. The molecule has 172 valence electrons. The van der Waals surface area contributed by atoms with Gasteiger partial charge in [0.15, 0.2) is 0 Å². The summed E-state index contributed by atoms with van der Waals surface area (Å²) >= 11 is 14.0. The Morgan fingerprint density at radius 1 is 1.03 bits per heavy atom. The Morgan fingerprint density at radius 3 is 2.19 bits per heavy atom. The van der Waals surface area contributed by atoms with Gasteiger partial charge in [0.25, 0.3) is 0 Å². The molecular formula is C27H33Cl2NOS. The van der Waals surface area contributed by atoms with Crippen molar-refractivity contribution >= 4 is 51.1 Å². The molecule has 0 radical (unpaired) electrons. The van der Waals surface area contributed by atoms with Crippen molar-refractivity contribution in [3.05, 3.63) is 64.3 Å². The van der Waals surface area contributed by atoms with Crippen LogP contribution in [0.3, 0.4) is 0 Å². The van der Waals surface area contributed by atoms with Crippen LogP contribution in [-0.2, 0) is 17.8 Å². The predicted octanol–water partition coefficient (Wildman–Crippen LogP) is 8.69. The largest absolute Gasteiger partial charge is 0.339 e. The minimum atomic E-state index is -0.665. The number of benzene rings is 2. The van der Waals surface area contributed by atoms with E-state index in [1.165, 1.54) is 26.9 Å². The second kappa shape index (κ2) is 9.44. The Kier molecular flexibility index (Phi) is 7.44. The molecule has 0 N–H and O–H groups in total. The van der Waals surface area contributed by atoms with Crippen LogP contribution in [0.5, 0.6) is 0 Å². The number of aromatic nitrogens is 1. The fourth-order valence-electron chi connectivity index (χ4n) is 3.79. The lowest BCUT2D eigenvalue weighted by Crippen LogP contribution is -2.25. The average molecular weight is 491 g/mol. The van der Waals surface area contributed by atoms with Gasteiger partial charge in [0, 0.05) is 49.6 Å². The molecule has 0 bridgehead atoms. The fraction of sp³-hybridized carbons (Fsp3) is 0.444. The Labute approximate surface area is 206 Å². The molecule has 3 aromatic rings. The number of carbonyl (C=O) groups is 1. The molecule has 0 saturated heterocycles. The molecule has 5 heteroatoms. The summed E-state index contributed by atoms with van der Waals surface area (Å²) < 4.78 is 2.38. The van der Waals surface area contributed by atoms with Gasteiger partial charge in [0.1, 0.15) is 0 Å². The van der Waals surface area contributed by atoms with Gasteiger partial charge in [-0.2, -0.15) is 0 Å². The highest BCUT2D eigenvalue weighted by Gasteiger charge is 2.32. The normalized spacial score (nSPS) is 12.7. The number of rotatable bonds is 7. The van der Waals surface area contributed by atoms with E-state index in [4.69, 9.17) is 23.2 Å². The first kappa shape index (κ1) is 25.2. The van der Waals surface area contributed by atoms with E-state index in [1.807, 2.05) is 37.7 Å². The molecule has 0 aliphatic carbocycles. The van der Waals surface area contributed by atoms with E-state index < -0.39 is 5.41 Å². The maximum absolute atomic E-state index is 12.3. The van der Waals surface area contributed by atoms with Crippen LogP contribution < -0.4 is 0 Å². The van der Waals surface area contributed by atoms with Crippen LogP contribution in [-0.4, -0.2) is 14.6 Å². The van der Waals surface area contributed by atoms with Crippen LogP contribution in [0.4, 0.5) is 0 Å². The highest BCUT2D eigenvalue weighted by Crippen LogP contribution is 2.44. The monoisotopic (exact) mass is 489 g/mol. The highest BCUT2D eigenvalue weighted by molar-refractivity contribution is 8.00. The van der Waals surface area contributed by atoms with Crippen LogP contribution in [0, 0.1) is 5.41 Å². The summed E-state index contributed by atoms with van der Waals surface area (Å²) in [5.74, 6) is 0.441. The molecule has 0 aliphatic rings. The van der Waals surface area contributed by atoms with E-state index >= 15 is 0 Å². The summed E-state index contributed by atoms with van der Waals surface area (Å²) in [6, 6.07) is 14.8. The van der Waals surface area contributed by atoms with E-state index in [2.05, 4.69) is 69.5 Å². The molecule has 0 amide bonds. The first-order valence-corrected chi connectivity index (χ1v) is 12.6. The lowest BCUT2D eigenvalue weighted by atomic mass is 9.89. The van der Waals surface area contributed by atoms with Crippen molar-refractivity contribution < 1.29 is 4.79 Å². The molecule has 0 unspecified atom stereocenters. The van der Waals surface area contributed by atoms with Gasteiger partial charge >= 0.3 is 0 Å². The van der Waals surface area contributed by atoms with Gasteiger partial charge in [-0.1, -0.05) is 78.3 Å². The Bertz CT molecular complexity index is 1120. The van der Waals surface area contributed by atoms with Crippen molar-refractivity contribution in [1.82, 2.24) is 4.57 Å². The zero-order valence-electron chi connectivity index (χ0n) is 20.1. The molecule has 0 saturated carbocycles. The minimum Gasteiger partial charge on any atom is -0.339 e. The van der Waals surface area contributed by atoms with Crippen molar-refractivity contribution in [2.45, 2.75) is 77.0 Å². The summed E-state index contributed by atoms with van der Waals surface area (Å²) in [5.41, 5.74) is 4.17. The SMILES string of the molecule is CC(C)c1ccc2c(c1)c(SC(C)(C)C)c(CC(C)(C)C(=O)Cl)n2Cc1ccc(Cl)cc1. The van der Waals surface area contributed by atoms with Gasteiger partial charge in [-0.25, -0.2) is 0 Å².